The van der Waals surface area contributed by atoms with Gasteiger partial charge in [-0.1, -0.05) is 30.3 Å². The lowest BCUT2D eigenvalue weighted by atomic mass is 10.0. The van der Waals surface area contributed by atoms with Crippen molar-refractivity contribution in [1.82, 2.24) is 9.55 Å². The number of hydrogen-bond acceptors (Lipinski definition) is 4. The highest BCUT2D eigenvalue weighted by Gasteiger charge is 2.34. The second-order valence-corrected chi connectivity index (χ2v) is 8.09. The van der Waals surface area contributed by atoms with Crippen molar-refractivity contribution in [2.24, 2.45) is 0 Å². The number of carbonyl (C=O) groups is 1. The summed E-state index contributed by atoms with van der Waals surface area (Å²) in [5.74, 6) is -0.711. The van der Waals surface area contributed by atoms with E-state index >= 15 is 0 Å². The summed E-state index contributed by atoms with van der Waals surface area (Å²) in [4.78, 5) is 31.4. The number of aryl methyl sites for hydroxylation is 1. The van der Waals surface area contributed by atoms with Gasteiger partial charge in [0.15, 0.2) is 0 Å². The van der Waals surface area contributed by atoms with Gasteiger partial charge in [0, 0.05) is 17.3 Å². The standard InChI is InChI=1S/C20H20N2O3S/c1-11(2)22-15(10-12-6-4-3-5-7-12)21-18-17(19(22)23)16-13(20(24)25)8-9-14(16)26-18/h3-7,11,13H,8-10H2,1-2H3,(H,24,25). The molecule has 1 aliphatic carbocycles. The molecule has 134 valence electrons. The summed E-state index contributed by atoms with van der Waals surface area (Å²) in [5.41, 5.74) is 1.69. The van der Waals surface area contributed by atoms with Crippen LogP contribution >= 0.6 is 11.3 Å². The number of carboxylic acid groups (broad SMARTS) is 1. The van der Waals surface area contributed by atoms with Crippen molar-refractivity contribution in [2.45, 2.75) is 45.1 Å². The maximum atomic E-state index is 13.3. The first-order valence-corrected chi connectivity index (χ1v) is 9.62. The normalized spacial score (nSPS) is 16.3. The lowest BCUT2D eigenvalue weighted by Crippen LogP contribution is -2.27. The molecule has 0 saturated carbocycles. The molecule has 1 N–H and O–H groups in total. The van der Waals surface area contributed by atoms with E-state index in [9.17, 15) is 14.7 Å². The van der Waals surface area contributed by atoms with Gasteiger partial charge in [-0.3, -0.25) is 14.2 Å². The minimum absolute atomic E-state index is 0.0432. The van der Waals surface area contributed by atoms with Crippen LogP contribution in [-0.2, 0) is 17.6 Å². The highest BCUT2D eigenvalue weighted by atomic mass is 32.1. The second kappa shape index (κ2) is 6.36. The molecule has 1 aromatic carbocycles. The molecule has 1 unspecified atom stereocenters. The lowest BCUT2D eigenvalue weighted by molar-refractivity contribution is -0.138. The highest BCUT2D eigenvalue weighted by molar-refractivity contribution is 7.18. The third-order valence-electron chi connectivity index (χ3n) is 4.97. The third kappa shape index (κ3) is 2.65. The quantitative estimate of drug-likeness (QED) is 0.761. The summed E-state index contributed by atoms with van der Waals surface area (Å²) < 4.78 is 1.72. The SMILES string of the molecule is CC(C)n1c(Cc2ccccc2)nc2sc3c(c2c1=O)C(C(=O)O)CC3. The Kier molecular flexibility index (Phi) is 4.15. The van der Waals surface area contributed by atoms with Crippen molar-refractivity contribution >= 4 is 27.5 Å². The van der Waals surface area contributed by atoms with Crippen molar-refractivity contribution in [2.75, 3.05) is 0 Å². The Morgan fingerprint density at radius 1 is 1.35 bits per heavy atom. The van der Waals surface area contributed by atoms with Crippen LogP contribution in [-0.4, -0.2) is 20.6 Å². The Bertz CT molecular complexity index is 1050. The Morgan fingerprint density at radius 2 is 2.08 bits per heavy atom. The Labute approximate surface area is 154 Å². The first kappa shape index (κ1) is 17.0. The molecule has 5 nitrogen and oxygen atoms in total. The molecule has 1 aliphatic rings. The van der Waals surface area contributed by atoms with Gasteiger partial charge in [0.2, 0.25) is 0 Å². The summed E-state index contributed by atoms with van der Waals surface area (Å²) in [6, 6.07) is 9.92. The number of fused-ring (bicyclic) bond motifs is 3. The number of hydrogen-bond donors (Lipinski definition) is 1. The van der Waals surface area contributed by atoms with Gasteiger partial charge in [0.25, 0.3) is 5.56 Å². The fourth-order valence-corrected chi connectivity index (χ4v) is 5.09. The molecule has 2 heterocycles. The third-order valence-corrected chi connectivity index (χ3v) is 6.13. The Morgan fingerprint density at radius 3 is 2.73 bits per heavy atom. The van der Waals surface area contributed by atoms with Gasteiger partial charge in [-0.05, 0) is 37.8 Å². The van der Waals surface area contributed by atoms with E-state index in [1.807, 2.05) is 44.2 Å². The molecule has 3 aromatic rings. The predicted molar refractivity (Wildman–Crippen MR) is 102 cm³/mol. The molecular weight excluding hydrogens is 348 g/mol. The lowest BCUT2D eigenvalue weighted by Gasteiger charge is -2.16. The van der Waals surface area contributed by atoms with Crippen LogP contribution in [0.4, 0.5) is 0 Å². The number of carboxylic acids is 1. The summed E-state index contributed by atoms with van der Waals surface area (Å²) in [7, 11) is 0. The molecule has 4 rings (SSSR count). The van der Waals surface area contributed by atoms with Crippen LogP contribution in [0.25, 0.3) is 10.2 Å². The molecule has 0 fully saturated rings. The molecule has 0 amide bonds. The van der Waals surface area contributed by atoms with Crippen LogP contribution in [0.1, 0.15) is 54.1 Å². The molecule has 0 aliphatic heterocycles. The predicted octanol–water partition coefficient (Wildman–Crippen LogP) is 3.74. The van der Waals surface area contributed by atoms with Gasteiger partial charge in [-0.25, -0.2) is 4.98 Å². The molecule has 1 atom stereocenters. The van der Waals surface area contributed by atoms with Gasteiger partial charge in [-0.2, -0.15) is 0 Å². The molecule has 2 aromatic heterocycles. The van der Waals surface area contributed by atoms with Crippen LogP contribution in [0.15, 0.2) is 35.1 Å². The second-order valence-electron chi connectivity index (χ2n) is 7.01. The smallest absolute Gasteiger partial charge is 0.311 e. The van der Waals surface area contributed by atoms with E-state index in [4.69, 9.17) is 4.98 Å². The largest absolute Gasteiger partial charge is 0.481 e. The van der Waals surface area contributed by atoms with Crippen molar-refractivity contribution in [1.29, 1.82) is 0 Å². The first-order chi connectivity index (χ1) is 12.5. The van der Waals surface area contributed by atoms with E-state index in [0.29, 0.717) is 35.0 Å². The zero-order valence-corrected chi connectivity index (χ0v) is 15.5. The molecule has 26 heavy (non-hydrogen) atoms. The number of nitrogens with zero attached hydrogens (tertiary/aromatic N) is 2. The summed E-state index contributed by atoms with van der Waals surface area (Å²) >= 11 is 1.48. The van der Waals surface area contributed by atoms with E-state index in [0.717, 1.165) is 16.3 Å². The zero-order valence-electron chi connectivity index (χ0n) is 14.7. The number of thiophene rings is 1. The minimum atomic E-state index is -0.854. The Balaban J connectivity index is 1.94. The molecule has 0 bridgehead atoms. The first-order valence-electron chi connectivity index (χ1n) is 8.80. The van der Waals surface area contributed by atoms with E-state index < -0.39 is 11.9 Å². The molecule has 0 spiro atoms. The summed E-state index contributed by atoms with van der Waals surface area (Å²) in [5, 5.41) is 10.0. The van der Waals surface area contributed by atoms with Crippen molar-refractivity contribution < 1.29 is 9.90 Å². The zero-order chi connectivity index (χ0) is 18.4. The number of benzene rings is 1. The van der Waals surface area contributed by atoms with E-state index in [-0.39, 0.29) is 11.6 Å². The fourth-order valence-electron chi connectivity index (χ4n) is 3.83. The topological polar surface area (TPSA) is 72.2 Å². The van der Waals surface area contributed by atoms with E-state index in [1.54, 1.807) is 4.57 Å². The van der Waals surface area contributed by atoms with Crippen molar-refractivity contribution in [3.8, 4) is 0 Å². The maximum Gasteiger partial charge on any atom is 0.311 e. The van der Waals surface area contributed by atoms with E-state index in [2.05, 4.69) is 0 Å². The van der Waals surface area contributed by atoms with E-state index in [1.165, 1.54) is 11.3 Å². The van der Waals surface area contributed by atoms with Gasteiger partial charge in [0.05, 0.1) is 11.3 Å². The van der Waals surface area contributed by atoms with Gasteiger partial charge in [-0.15, -0.1) is 11.3 Å². The summed E-state index contributed by atoms with van der Waals surface area (Å²) in [6.45, 7) is 3.93. The summed E-state index contributed by atoms with van der Waals surface area (Å²) in [6.07, 6.45) is 1.86. The van der Waals surface area contributed by atoms with Gasteiger partial charge in [0.1, 0.15) is 10.7 Å². The fraction of sp³-hybridized carbons (Fsp3) is 0.350. The maximum absolute atomic E-state index is 13.3. The van der Waals surface area contributed by atoms with Crippen LogP contribution in [0, 0.1) is 0 Å². The number of aliphatic carboxylic acids is 1. The van der Waals surface area contributed by atoms with Gasteiger partial charge >= 0.3 is 5.97 Å². The highest BCUT2D eigenvalue weighted by Crippen LogP contribution is 2.42. The minimum Gasteiger partial charge on any atom is -0.481 e. The molecule has 0 saturated heterocycles. The number of aromatic nitrogens is 2. The van der Waals surface area contributed by atoms with Crippen molar-refractivity contribution in [3.05, 3.63) is 62.5 Å². The van der Waals surface area contributed by atoms with Gasteiger partial charge < -0.3 is 5.11 Å². The van der Waals surface area contributed by atoms with Crippen LogP contribution in [0.5, 0.6) is 0 Å². The van der Waals surface area contributed by atoms with Crippen LogP contribution < -0.4 is 5.56 Å². The molecule has 6 heteroatoms. The Hall–Kier alpha value is -2.47. The average molecular weight is 368 g/mol. The monoisotopic (exact) mass is 368 g/mol. The number of rotatable bonds is 4. The van der Waals surface area contributed by atoms with Crippen molar-refractivity contribution in [3.63, 3.8) is 0 Å². The molecular formula is C20H20N2O3S. The average Bonchev–Trinajstić information content (AvgIpc) is 3.13. The molecule has 0 radical (unpaired) electrons. The van der Waals surface area contributed by atoms with Crippen LogP contribution in [0.2, 0.25) is 0 Å². The van der Waals surface area contributed by atoms with Crippen LogP contribution in [0.3, 0.4) is 0 Å².